The number of methoxy groups -OCH3 is 1. The molecule has 28 heavy (non-hydrogen) atoms. The molecule has 0 aromatic carbocycles. The van der Waals surface area contributed by atoms with E-state index in [4.69, 9.17) is 4.74 Å². The smallest absolute Gasteiger partial charge is 0.254 e. The van der Waals surface area contributed by atoms with Gasteiger partial charge in [-0.3, -0.25) is 14.5 Å². The Kier molecular flexibility index (Phi) is 6.99. The number of amides is 2. The molecule has 0 spiro atoms. The minimum Gasteiger partial charge on any atom is -0.369 e. The van der Waals surface area contributed by atoms with Gasteiger partial charge in [0, 0.05) is 59.0 Å². The fourth-order valence-corrected chi connectivity index (χ4v) is 4.73. The lowest BCUT2D eigenvalue weighted by Crippen LogP contribution is -2.55. The summed E-state index contributed by atoms with van der Waals surface area (Å²) in [6.07, 6.45) is 4.09. The average Bonchev–Trinajstić information content (AvgIpc) is 2.73. The van der Waals surface area contributed by atoms with E-state index in [2.05, 4.69) is 21.7 Å². The van der Waals surface area contributed by atoms with Crippen LogP contribution in [-0.2, 0) is 14.3 Å². The van der Waals surface area contributed by atoms with Crippen molar-refractivity contribution in [1.29, 1.82) is 0 Å². The number of hydrogen-bond donors (Lipinski definition) is 0. The van der Waals surface area contributed by atoms with Gasteiger partial charge < -0.3 is 19.4 Å². The van der Waals surface area contributed by atoms with Gasteiger partial charge in [-0.15, -0.1) is 0 Å². The molecule has 160 valence electrons. The summed E-state index contributed by atoms with van der Waals surface area (Å²) in [6.45, 7) is 10.9. The van der Waals surface area contributed by atoms with Crippen LogP contribution in [0.2, 0.25) is 0 Å². The summed E-state index contributed by atoms with van der Waals surface area (Å²) in [4.78, 5) is 34.4. The van der Waals surface area contributed by atoms with Gasteiger partial charge in [-0.2, -0.15) is 0 Å². The molecule has 3 fully saturated rings. The van der Waals surface area contributed by atoms with E-state index in [-0.39, 0.29) is 11.8 Å². The molecule has 0 saturated carbocycles. The highest BCUT2D eigenvalue weighted by Gasteiger charge is 2.37. The first-order chi connectivity index (χ1) is 13.3. The highest BCUT2D eigenvalue weighted by molar-refractivity contribution is 5.84. The molecule has 3 heterocycles. The highest BCUT2D eigenvalue weighted by atomic mass is 16.5. The molecular formula is C21H38N4O3. The lowest BCUT2D eigenvalue weighted by molar-refractivity contribution is -0.152. The number of ether oxygens (including phenoxy) is 1. The predicted molar refractivity (Wildman–Crippen MR) is 109 cm³/mol. The molecule has 0 aliphatic carbocycles. The van der Waals surface area contributed by atoms with E-state index in [1.54, 1.807) is 7.11 Å². The monoisotopic (exact) mass is 394 g/mol. The molecule has 0 aromatic rings. The molecule has 0 N–H and O–H groups in total. The van der Waals surface area contributed by atoms with Crippen molar-refractivity contribution < 1.29 is 14.3 Å². The number of hydrogen-bond acceptors (Lipinski definition) is 5. The largest absolute Gasteiger partial charge is 0.369 e. The molecule has 2 amide bonds. The summed E-state index contributed by atoms with van der Waals surface area (Å²) in [5, 5.41) is 0. The third-order valence-electron chi connectivity index (χ3n) is 6.91. The summed E-state index contributed by atoms with van der Waals surface area (Å²) in [7, 11) is 3.71. The van der Waals surface area contributed by atoms with E-state index in [1.165, 1.54) is 0 Å². The first kappa shape index (κ1) is 21.5. The first-order valence-electron chi connectivity index (χ1n) is 10.9. The molecule has 0 unspecified atom stereocenters. The highest BCUT2D eigenvalue weighted by Crippen LogP contribution is 2.26. The molecule has 7 heteroatoms. The Bertz CT molecular complexity index is 552. The van der Waals surface area contributed by atoms with Crippen LogP contribution in [0, 0.1) is 5.92 Å². The van der Waals surface area contributed by atoms with E-state index >= 15 is 0 Å². The summed E-state index contributed by atoms with van der Waals surface area (Å²) in [6, 6.07) is 0.484. The molecule has 3 rings (SSSR count). The van der Waals surface area contributed by atoms with Gasteiger partial charge >= 0.3 is 0 Å². The fourth-order valence-electron chi connectivity index (χ4n) is 4.73. The number of rotatable bonds is 4. The molecule has 0 radical (unpaired) electrons. The van der Waals surface area contributed by atoms with Crippen molar-refractivity contribution in [3.63, 3.8) is 0 Å². The van der Waals surface area contributed by atoms with Crippen molar-refractivity contribution >= 4 is 11.8 Å². The number of carbonyl (C=O) groups excluding carboxylic acids is 2. The average molecular weight is 395 g/mol. The maximum absolute atomic E-state index is 13.0. The van der Waals surface area contributed by atoms with Crippen LogP contribution in [0.4, 0.5) is 0 Å². The predicted octanol–water partition coefficient (Wildman–Crippen LogP) is 0.888. The van der Waals surface area contributed by atoms with Crippen LogP contribution in [0.15, 0.2) is 0 Å². The van der Waals surface area contributed by atoms with Crippen molar-refractivity contribution in [3.8, 4) is 0 Å². The number of likely N-dealkylation sites (tertiary alicyclic amines) is 2. The molecule has 0 bridgehead atoms. The van der Waals surface area contributed by atoms with Crippen molar-refractivity contribution in [3.05, 3.63) is 0 Å². The zero-order valence-corrected chi connectivity index (χ0v) is 18.2. The Morgan fingerprint density at radius 3 is 2.14 bits per heavy atom. The molecule has 7 nitrogen and oxygen atoms in total. The van der Waals surface area contributed by atoms with Gasteiger partial charge in [-0.1, -0.05) is 0 Å². The molecular weight excluding hydrogens is 356 g/mol. The van der Waals surface area contributed by atoms with Gasteiger partial charge in [-0.05, 0) is 53.1 Å². The van der Waals surface area contributed by atoms with Crippen LogP contribution < -0.4 is 0 Å². The fraction of sp³-hybridized carbons (Fsp3) is 0.905. The van der Waals surface area contributed by atoms with Gasteiger partial charge in [0.15, 0.2) is 0 Å². The zero-order chi connectivity index (χ0) is 20.3. The normalized spacial score (nSPS) is 26.5. The van der Waals surface area contributed by atoms with Gasteiger partial charge in [0.2, 0.25) is 5.91 Å². The van der Waals surface area contributed by atoms with Crippen molar-refractivity contribution in [2.45, 2.75) is 51.2 Å². The summed E-state index contributed by atoms with van der Waals surface area (Å²) in [5.41, 5.74) is -0.752. The second-order valence-electron chi connectivity index (χ2n) is 9.20. The van der Waals surface area contributed by atoms with E-state index in [0.717, 1.165) is 78.0 Å². The Labute approximate surface area is 169 Å². The van der Waals surface area contributed by atoms with Gasteiger partial charge in [0.1, 0.15) is 5.60 Å². The second-order valence-corrected chi connectivity index (χ2v) is 9.20. The maximum Gasteiger partial charge on any atom is 0.254 e. The first-order valence-corrected chi connectivity index (χ1v) is 10.9. The Morgan fingerprint density at radius 1 is 0.893 bits per heavy atom. The quantitative estimate of drug-likeness (QED) is 0.709. The van der Waals surface area contributed by atoms with Crippen LogP contribution in [0.1, 0.15) is 39.5 Å². The number of piperazine rings is 1. The molecule has 3 aliphatic rings. The van der Waals surface area contributed by atoms with Crippen LogP contribution >= 0.6 is 0 Å². The summed E-state index contributed by atoms with van der Waals surface area (Å²) >= 11 is 0. The van der Waals surface area contributed by atoms with Crippen LogP contribution in [0.5, 0.6) is 0 Å². The van der Waals surface area contributed by atoms with Crippen LogP contribution in [0.3, 0.4) is 0 Å². The van der Waals surface area contributed by atoms with Gasteiger partial charge in [0.05, 0.1) is 5.92 Å². The van der Waals surface area contributed by atoms with Crippen LogP contribution in [0.25, 0.3) is 0 Å². The van der Waals surface area contributed by atoms with Crippen molar-refractivity contribution in [1.82, 2.24) is 19.6 Å². The third kappa shape index (κ3) is 4.86. The molecule has 3 aliphatic heterocycles. The topological polar surface area (TPSA) is 56.3 Å². The lowest BCUT2D eigenvalue weighted by atomic mass is 9.92. The third-order valence-corrected chi connectivity index (χ3v) is 6.91. The van der Waals surface area contributed by atoms with Crippen molar-refractivity contribution in [2.24, 2.45) is 5.92 Å². The Hall–Kier alpha value is -1.18. The standard InChI is InChI=1S/C21H38N4O3/c1-21(2,28-4)20(27)24-10-7-18(8-11-24)25-9-5-6-17(16-25)19(26)23-14-12-22(3)13-15-23/h17-18H,5-16H2,1-4H3/t17-/m0/s1. The zero-order valence-electron chi connectivity index (χ0n) is 18.2. The minimum atomic E-state index is -0.752. The second kappa shape index (κ2) is 9.09. The number of piperidine rings is 2. The number of carbonyl (C=O) groups is 2. The number of likely N-dealkylation sites (N-methyl/N-ethyl adjacent to an activating group) is 1. The Morgan fingerprint density at radius 2 is 1.54 bits per heavy atom. The molecule has 1 atom stereocenters. The van der Waals surface area contributed by atoms with Crippen molar-refractivity contribution in [2.75, 3.05) is 66.5 Å². The van der Waals surface area contributed by atoms with E-state index in [0.29, 0.717) is 11.9 Å². The van der Waals surface area contributed by atoms with Gasteiger partial charge in [-0.25, -0.2) is 0 Å². The summed E-state index contributed by atoms with van der Waals surface area (Å²) in [5.74, 6) is 0.576. The van der Waals surface area contributed by atoms with E-state index in [1.807, 2.05) is 18.7 Å². The SMILES string of the molecule is COC(C)(C)C(=O)N1CCC(N2CCC[C@H](C(=O)N3CCN(C)CC3)C2)CC1. The van der Waals surface area contributed by atoms with E-state index < -0.39 is 5.60 Å². The molecule has 3 saturated heterocycles. The Balaban J connectivity index is 1.50. The minimum absolute atomic E-state index is 0.0789. The maximum atomic E-state index is 13.0. The van der Waals surface area contributed by atoms with Gasteiger partial charge in [0.25, 0.3) is 5.91 Å². The lowest BCUT2D eigenvalue weighted by Gasteiger charge is -2.44. The van der Waals surface area contributed by atoms with Crippen LogP contribution in [-0.4, -0.2) is 110 Å². The summed E-state index contributed by atoms with van der Waals surface area (Å²) < 4.78 is 5.35. The van der Waals surface area contributed by atoms with E-state index in [9.17, 15) is 9.59 Å². The molecule has 0 aromatic heterocycles. The number of nitrogens with zero attached hydrogens (tertiary/aromatic N) is 4.